The molecule has 0 saturated heterocycles. The molecule has 5 rings (SSSR count). The van der Waals surface area contributed by atoms with Crippen LogP contribution in [0.15, 0.2) is 53.6 Å². The van der Waals surface area contributed by atoms with Gasteiger partial charge in [0, 0.05) is 25.2 Å². The minimum atomic E-state index is -3.91. The Hall–Kier alpha value is -3.83. The zero-order chi connectivity index (χ0) is 28.8. The predicted octanol–water partition coefficient (Wildman–Crippen LogP) is 4.43. The molecule has 1 atom stereocenters. The van der Waals surface area contributed by atoms with E-state index in [0.29, 0.717) is 6.54 Å². The smallest absolute Gasteiger partial charge is 0.304 e. The summed E-state index contributed by atoms with van der Waals surface area (Å²) >= 11 is 0. The van der Waals surface area contributed by atoms with Crippen LogP contribution in [-0.4, -0.2) is 55.9 Å². The lowest BCUT2D eigenvalue weighted by Crippen LogP contribution is -2.42. The molecule has 4 aromatic rings. The summed E-state index contributed by atoms with van der Waals surface area (Å²) in [5, 5.41) is 18.4. The molecule has 2 aromatic heterocycles. The van der Waals surface area contributed by atoms with Crippen LogP contribution in [0.1, 0.15) is 60.9 Å². The normalized spacial score (nSPS) is 17.1. The number of aliphatic carboxylic acids is 1. The van der Waals surface area contributed by atoms with E-state index in [1.807, 2.05) is 69.6 Å². The molecule has 2 aromatic carbocycles. The number of carboxylic acids is 1. The number of rotatable bonds is 7. The molecule has 0 radical (unpaired) electrons. The number of ether oxygens (including phenoxy) is 1. The highest BCUT2D eigenvalue weighted by atomic mass is 32.2. The van der Waals surface area contributed by atoms with Crippen molar-refractivity contribution in [2.24, 2.45) is 0 Å². The molecule has 0 saturated carbocycles. The van der Waals surface area contributed by atoms with Gasteiger partial charge in [-0.3, -0.25) is 4.79 Å². The minimum Gasteiger partial charge on any atom is -0.481 e. The second kappa shape index (κ2) is 10.3. The summed E-state index contributed by atoms with van der Waals surface area (Å²) in [6.45, 7) is 10.4. The van der Waals surface area contributed by atoms with Gasteiger partial charge < -0.3 is 9.84 Å². The summed E-state index contributed by atoms with van der Waals surface area (Å²) in [5.41, 5.74) is 5.04. The molecule has 210 valence electrons. The fourth-order valence-corrected chi connectivity index (χ4v) is 7.01. The van der Waals surface area contributed by atoms with Gasteiger partial charge in [0.05, 0.1) is 18.5 Å². The van der Waals surface area contributed by atoms with Crippen molar-refractivity contribution in [2.75, 3.05) is 6.54 Å². The maximum absolute atomic E-state index is 13.7. The van der Waals surface area contributed by atoms with Gasteiger partial charge in [0.2, 0.25) is 15.9 Å². The van der Waals surface area contributed by atoms with Gasteiger partial charge in [-0.2, -0.15) is 4.31 Å². The Morgan fingerprint density at radius 1 is 1.18 bits per heavy atom. The molecule has 11 heteroatoms. The van der Waals surface area contributed by atoms with Gasteiger partial charge in [0.25, 0.3) is 0 Å². The van der Waals surface area contributed by atoms with Gasteiger partial charge >= 0.3 is 5.97 Å². The molecule has 0 bridgehead atoms. The van der Waals surface area contributed by atoms with Crippen molar-refractivity contribution in [3.8, 4) is 5.88 Å². The van der Waals surface area contributed by atoms with Crippen molar-refractivity contribution in [3.05, 3.63) is 76.5 Å². The molecule has 1 unspecified atom stereocenters. The molecule has 1 N–H and O–H groups in total. The molecular weight excluding hydrogens is 530 g/mol. The molecule has 3 heterocycles. The molecule has 1 aliphatic heterocycles. The van der Waals surface area contributed by atoms with E-state index >= 15 is 0 Å². The SMILES string of the molecule is CCn1nnc2c(C)c(C(CC(=O)O)c3ccc(C)c(CN4CC(C)(C)Oc5ncccc5S4(=O)=O)c3)ccc21. The predicted molar refractivity (Wildman–Crippen MR) is 150 cm³/mol. The van der Waals surface area contributed by atoms with E-state index in [2.05, 4.69) is 15.3 Å². The number of fused-ring (bicyclic) bond motifs is 2. The van der Waals surface area contributed by atoms with Gasteiger partial charge in [0.1, 0.15) is 16.0 Å². The van der Waals surface area contributed by atoms with E-state index in [-0.39, 0.29) is 30.3 Å². The Bertz CT molecular complexity index is 1710. The number of carboxylic acid groups (broad SMARTS) is 1. The summed E-state index contributed by atoms with van der Waals surface area (Å²) in [6, 6.07) is 12.7. The standard InChI is InChI=1S/C29H33N5O5S/c1-6-34-24-12-11-22(19(3)27(24)31-32-34)23(15-26(35)36)20-10-9-18(2)21(14-20)16-33-17-29(4,5)39-28-25(40(33,37)38)8-7-13-30-28/h7-14,23H,6,15-17H2,1-5H3,(H,35,36). The van der Waals surface area contributed by atoms with Crippen LogP contribution in [0.4, 0.5) is 0 Å². The quantitative estimate of drug-likeness (QED) is 0.350. The Morgan fingerprint density at radius 2 is 1.95 bits per heavy atom. The maximum atomic E-state index is 13.7. The number of aryl methyl sites for hydroxylation is 3. The zero-order valence-corrected chi connectivity index (χ0v) is 24.1. The van der Waals surface area contributed by atoms with Gasteiger partial charge in [-0.25, -0.2) is 18.1 Å². The fourth-order valence-electron chi connectivity index (χ4n) is 5.38. The van der Waals surface area contributed by atoms with E-state index in [0.717, 1.165) is 38.9 Å². The average Bonchev–Trinajstić information content (AvgIpc) is 3.29. The Balaban J connectivity index is 1.57. The first-order chi connectivity index (χ1) is 18.9. The second-order valence-electron chi connectivity index (χ2n) is 10.8. The number of nitrogens with zero attached hydrogens (tertiary/aromatic N) is 5. The van der Waals surface area contributed by atoms with Crippen LogP contribution in [0.3, 0.4) is 0 Å². The third-order valence-corrected chi connectivity index (χ3v) is 9.25. The second-order valence-corrected chi connectivity index (χ2v) is 12.7. The third-order valence-electron chi connectivity index (χ3n) is 7.44. The average molecular weight is 564 g/mol. The van der Waals surface area contributed by atoms with E-state index in [4.69, 9.17) is 4.74 Å². The van der Waals surface area contributed by atoms with Crippen LogP contribution in [0.2, 0.25) is 0 Å². The topological polar surface area (TPSA) is 128 Å². The van der Waals surface area contributed by atoms with E-state index < -0.39 is 27.5 Å². The lowest BCUT2D eigenvalue weighted by atomic mass is 9.84. The van der Waals surface area contributed by atoms with Gasteiger partial charge in [0.15, 0.2) is 0 Å². The number of hydrogen-bond acceptors (Lipinski definition) is 7. The maximum Gasteiger partial charge on any atom is 0.304 e. The van der Waals surface area contributed by atoms with Crippen LogP contribution in [0.5, 0.6) is 5.88 Å². The van der Waals surface area contributed by atoms with Crippen molar-refractivity contribution in [2.45, 2.75) is 70.5 Å². The number of sulfonamides is 1. The monoisotopic (exact) mass is 563 g/mol. The molecule has 1 aliphatic rings. The first kappa shape index (κ1) is 27.7. The molecule has 0 spiro atoms. The van der Waals surface area contributed by atoms with Crippen molar-refractivity contribution in [1.29, 1.82) is 0 Å². The molecule has 40 heavy (non-hydrogen) atoms. The molecular formula is C29H33N5O5S. The van der Waals surface area contributed by atoms with Crippen molar-refractivity contribution in [3.63, 3.8) is 0 Å². The van der Waals surface area contributed by atoms with Crippen LogP contribution >= 0.6 is 0 Å². The highest BCUT2D eigenvalue weighted by molar-refractivity contribution is 7.89. The summed E-state index contributed by atoms with van der Waals surface area (Å²) in [4.78, 5) is 16.2. The van der Waals surface area contributed by atoms with Gasteiger partial charge in [-0.15, -0.1) is 5.10 Å². The highest BCUT2D eigenvalue weighted by Gasteiger charge is 2.39. The molecule has 0 aliphatic carbocycles. The van der Waals surface area contributed by atoms with Crippen molar-refractivity contribution >= 4 is 27.0 Å². The number of carbonyl (C=O) groups is 1. The van der Waals surface area contributed by atoms with Crippen LogP contribution in [0.25, 0.3) is 11.0 Å². The number of aromatic nitrogens is 4. The number of pyridine rings is 1. The van der Waals surface area contributed by atoms with Crippen LogP contribution in [-0.2, 0) is 27.9 Å². The summed E-state index contributed by atoms with van der Waals surface area (Å²) in [7, 11) is -3.91. The summed E-state index contributed by atoms with van der Waals surface area (Å²) in [5.74, 6) is -1.30. The minimum absolute atomic E-state index is 0.0298. The van der Waals surface area contributed by atoms with Crippen LogP contribution < -0.4 is 4.74 Å². The lowest BCUT2D eigenvalue weighted by Gasteiger charge is -2.29. The zero-order valence-electron chi connectivity index (χ0n) is 23.2. The van der Waals surface area contributed by atoms with Gasteiger partial charge in [-0.1, -0.05) is 29.5 Å². The van der Waals surface area contributed by atoms with E-state index in [1.54, 1.807) is 6.07 Å². The summed E-state index contributed by atoms with van der Waals surface area (Å²) in [6.07, 6.45) is 1.39. The Kier molecular flexibility index (Phi) is 7.13. The van der Waals surface area contributed by atoms with Crippen molar-refractivity contribution in [1.82, 2.24) is 24.3 Å². The van der Waals surface area contributed by atoms with E-state index in [1.165, 1.54) is 16.6 Å². The van der Waals surface area contributed by atoms with Crippen LogP contribution in [0, 0.1) is 13.8 Å². The summed E-state index contributed by atoms with van der Waals surface area (Å²) < 4.78 is 36.7. The third kappa shape index (κ3) is 5.06. The lowest BCUT2D eigenvalue weighted by molar-refractivity contribution is -0.137. The number of benzene rings is 2. The molecule has 0 fully saturated rings. The Labute approximate surface area is 233 Å². The molecule has 10 nitrogen and oxygen atoms in total. The fraction of sp³-hybridized carbons (Fsp3) is 0.379. The van der Waals surface area contributed by atoms with E-state index in [9.17, 15) is 18.3 Å². The van der Waals surface area contributed by atoms with Crippen molar-refractivity contribution < 1.29 is 23.1 Å². The first-order valence-electron chi connectivity index (χ1n) is 13.2. The van der Waals surface area contributed by atoms with Gasteiger partial charge in [-0.05, 0) is 80.6 Å². The first-order valence-corrected chi connectivity index (χ1v) is 14.6. The number of hydrogen-bond donors (Lipinski definition) is 1. The largest absolute Gasteiger partial charge is 0.481 e. The highest BCUT2D eigenvalue weighted by Crippen LogP contribution is 2.36. The Morgan fingerprint density at radius 3 is 2.67 bits per heavy atom. The molecule has 0 amide bonds.